The van der Waals surface area contributed by atoms with Gasteiger partial charge < -0.3 is 46.4 Å². The SMILES string of the molecule is CN(C)c1cc(CNC(=O)Nc2ccc(OC(F)(F)F)cc2)c(O)c2c1C[C@@H]1C[C@@H]3[C@@H](N(C)C)C(=O)C(C(N)=O)=C(O)[C@]3(O)C(=O)C1=C2O. The molecule has 1 saturated carbocycles. The summed E-state index contributed by atoms with van der Waals surface area (Å²) in [5.41, 5.74) is 2.35. The highest BCUT2D eigenvalue weighted by atomic mass is 19.4. The summed E-state index contributed by atoms with van der Waals surface area (Å²) < 4.78 is 41.1. The van der Waals surface area contributed by atoms with Gasteiger partial charge in [-0.3, -0.25) is 19.3 Å². The number of phenols is 1. The van der Waals surface area contributed by atoms with Crippen LogP contribution in [0.1, 0.15) is 23.1 Å². The van der Waals surface area contributed by atoms with Crippen LogP contribution in [-0.2, 0) is 27.3 Å². The van der Waals surface area contributed by atoms with Crippen LogP contribution in [0.2, 0.25) is 0 Å². The molecule has 3 aliphatic carbocycles. The number of nitrogens with zero attached hydrogens (tertiary/aromatic N) is 2. The summed E-state index contributed by atoms with van der Waals surface area (Å²) >= 11 is 0. The number of primary amides is 1. The molecule has 0 heterocycles. The van der Waals surface area contributed by atoms with Gasteiger partial charge in [-0.05, 0) is 68.8 Å². The Hall–Kier alpha value is -5.29. The lowest BCUT2D eigenvalue weighted by atomic mass is 9.57. The first-order valence-electron chi connectivity index (χ1n) is 14.9. The van der Waals surface area contributed by atoms with Crippen molar-refractivity contribution in [3.05, 3.63) is 63.9 Å². The lowest BCUT2D eigenvalue weighted by molar-refractivity contribution is -0.274. The number of ether oxygens (including phenoxy) is 1. The van der Waals surface area contributed by atoms with Crippen molar-refractivity contribution in [1.29, 1.82) is 0 Å². The Balaban J connectivity index is 1.49. The Kier molecular flexibility index (Phi) is 8.80. The summed E-state index contributed by atoms with van der Waals surface area (Å²) in [6, 6.07) is 3.94. The Labute approximate surface area is 277 Å². The fourth-order valence-electron chi connectivity index (χ4n) is 6.97. The third kappa shape index (κ3) is 5.99. The first-order valence-corrected chi connectivity index (χ1v) is 14.9. The van der Waals surface area contributed by atoms with Crippen molar-refractivity contribution >= 4 is 40.6 Å². The third-order valence-electron chi connectivity index (χ3n) is 9.04. The molecule has 3 amide bonds. The predicted octanol–water partition coefficient (Wildman–Crippen LogP) is 2.25. The Bertz CT molecular complexity index is 1820. The first-order chi connectivity index (χ1) is 22.8. The number of rotatable bonds is 7. The van der Waals surface area contributed by atoms with E-state index >= 15 is 0 Å². The maximum atomic E-state index is 14.1. The number of benzene rings is 2. The molecule has 0 aromatic heterocycles. The van der Waals surface area contributed by atoms with E-state index in [1.165, 1.54) is 31.1 Å². The molecule has 17 heteroatoms. The standard InChI is InChI=1S/C32H34F3N5O9/c1-39(2)19-11-14(12-37-30(47)38-15-5-7-16(8-6-15)49-32(33,34)35)24(41)21-17(19)9-13-10-18-23(40(3)4)26(43)22(29(36)46)28(45)31(18,48)27(44)20(13)25(21)42/h5-8,11,13,18,23,41-42,45,48H,9-10,12H2,1-4H3,(H2,36,46)(H2,37,38,47)/t13-,18-,23-,31-/m1/s1. The van der Waals surface area contributed by atoms with Gasteiger partial charge in [0.05, 0.1) is 11.6 Å². The molecule has 0 unspecified atom stereocenters. The molecule has 2 aromatic rings. The van der Waals surface area contributed by atoms with Crippen LogP contribution in [-0.4, -0.2) is 95.0 Å². The predicted molar refractivity (Wildman–Crippen MR) is 168 cm³/mol. The number of carbonyl (C=O) groups is 4. The van der Waals surface area contributed by atoms with E-state index in [2.05, 4.69) is 15.4 Å². The van der Waals surface area contributed by atoms with Gasteiger partial charge in [-0.25, -0.2) is 4.79 Å². The van der Waals surface area contributed by atoms with Gasteiger partial charge in [0.15, 0.2) is 11.4 Å². The molecule has 3 aliphatic rings. The van der Waals surface area contributed by atoms with Crippen LogP contribution in [0, 0.1) is 11.8 Å². The number of amides is 3. The molecule has 0 bridgehead atoms. The lowest BCUT2D eigenvalue weighted by Crippen LogP contribution is -2.65. The van der Waals surface area contributed by atoms with Crippen LogP contribution < -0.4 is 26.0 Å². The van der Waals surface area contributed by atoms with Crippen molar-refractivity contribution in [3.8, 4) is 11.5 Å². The van der Waals surface area contributed by atoms with Gasteiger partial charge in [-0.2, -0.15) is 0 Å². The molecular formula is C32H34F3N5O9. The summed E-state index contributed by atoms with van der Waals surface area (Å²) in [6.45, 7) is -0.314. The molecule has 0 radical (unpaired) electrons. The number of Topliss-reactive ketones (excluding diaryl/α,β-unsaturated/α-hetero) is 2. The van der Waals surface area contributed by atoms with E-state index in [4.69, 9.17) is 5.73 Å². The normalized spacial score (nSPS) is 23.5. The molecular weight excluding hydrogens is 655 g/mol. The number of likely N-dealkylation sites (N-methyl/N-ethyl adjacent to an activating group) is 1. The van der Waals surface area contributed by atoms with Gasteiger partial charge in [0.25, 0.3) is 5.91 Å². The lowest BCUT2D eigenvalue weighted by Gasteiger charge is -2.50. The largest absolute Gasteiger partial charge is 0.573 e. The average molecular weight is 690 g/mol. The second-order valence-corrected chi connectivity index (χ2v) is 12.5. The van der Waals surface area contributed by atoms with Crippen LogP contribution in [0.3, 0.4) is 0 Å². The maximum absolute atomic E-state index is 14.1. The van der Waals surface area contributed by atoms with Crippen LogP contribution in [0.4, 0.5) is 29.3 Å². The van der Waals surface area contributed by atoms with E-state index in [9.17, 15) is 52.8 Å². The Morgan fingerprint density at radius 3 is 2.27 bits per heavy atom. The van der Waals surface area contributed by atoms with Crippen molar-refractivity contribution in [3.63, 3.8) is 0 Å². The van der Waals surface area contributed by atoms with Gasteiger partial charge in [-0.1, -0.05) is 0 Å². The highest BCUT2D eigenvalue weighted by Crippen LogP contribution is 2.54. The first kappa shape index (κ1) is 35.0. The summed E-state index contributed by atoms with van der Waals surface area (Å²) in [5, 5.41) is 50.8. The number of ketones is 2. The van der Waals surface area contributed by atoms with Crippen molar-refractivity contribution in [2.24, 2.45) is 17.6 Å². The monoisotopic (exact) mass is 689 g/mol. The van der Waals surface area contributed by atoms with Crippen LogP contribution in [0.25, 0.3) is 5.76 Å². The number of halogens is 3. The topological polar surface area (TPSA) is 215 Å². The number of nitrogens with one attached hydrogen (secondary N) is 2. The van der Waals surface area contributed by atoms with Crippen molar-refractivity contribution in [1.82, 2.24) is 10.2 Å². The summed E-state index contributed by atoms with van der Waals surface area (Å²) in [4.78, 5) is 55.3. The molecule has 0 spiro atoms. The minimum atomic E-state index is -4.88. The molecule has 2 aromatic carbocycles. The minimum Gasteiger partial charge on any atom is -0.508 e. The second-order valence-electron chi connectivity index (χ2n) is 12.5. The highest BCUT2D eigenvalue weighted by molar-refractivity contribution is 6.24. The van der Waals surface area contributed by atoms with Crippen LogP contribution in [0.15, 0.2) is 47.2 Å². The smallest absolute Gasteiger partial charge is 0.508 e. The van der Waals surface area contributed by atoms with Gasteiger partial charge >= 0.3 is 12.4 Å². The number of aliphatic hydroxyl groups excluding tert-OH is 2. The summed E-state index contributed by atoms with van der Waals surface area (Å²) in [6.07, 6.45) is -4.89. The number of phenolic OH excluding ortho intramolecular Hbond substituents is 1. The Morgan fingerprint density at radius 1 is 1.08 bits per heavy atom. The number of nitrogens with two attached hydrogens (primary N) is 1. The number of carbonyl (C=O) groups excluding carboxylic acids is 4. The Morgan fingerprint density at radius 2 is 1.71 bits per heavy atom. The molecule has 0 aliphatic heterocycles. The minimum absolute atomic E-state index is 0.0673. The molecule has 4 atom stereocenters. The van der Waals surface area contributed by atoms with Gasteiger partial charge in [0.1, 0.15) is 28.6 Å². The molecule has 8 N–H and O–H groups in total. The maximum Gasteiger partial charge on any atom is 0.573 e. The van der Waals surface area contributed by atoms with Gasteiger partial charge in [0, 0.05) is 49.1 Å². The zero-order chi connectivity index (χ0) is 36.3. The number of urea groups is 1. The molecule has 0 saturated heterocycles. The number of aromatic hydroxyl groups is 1. The van der Waals surface area contributed by atoms with E-state index in [1.54, 1.807) is 25.1 Å². The highest BCUT2D eigenvalue weighted by Gasteiger charge is 2.64. The molecule has 49 heavy (non-hydrogen) atoms. The zero-order valence-corrected chi connectivity index (χ0v) is 26.7. The van der Waals surface area contributed by atoms with E-state index in [1.807, 2.05) is 0 Å². The fraction of sp³-hybridized carbons (Fsp3) is 0.375. The number of aliphatic hydroxyl groups is 3. The van der Waals surface area contributed by atoms with E-state index in [0.29, 0.717) is 11.3 Å². The molecule has 1 fully saturated rings. The van der Waals surface area contributed by atoms with Gasteiger partial charge in [0.2, 0.25) is 5.78 Å². The van der Waals surface area contributed by atoms with Gasteiger partial charge in [-0.15, -0.1) is 13.2 Å². The zero-order valence-electron chi connectivity index (χ0n) is 26.7. The fourth-order valence-corrected chi connectivity index (χ4v) is 6.97. The average Bonchev–Trinajstić information content (AvgIpc) is 2.98. The van der Waals surface area contributed by atoms with Crippen LogP contribution in [0.5, 0.6) is 11.5 Å². The number of hydrogen-bond donors (Lipinski definition) is 7. The summed E-state index contributed by atoms with van der Waals surface area (Å²) in [5.74, 6) is -8.23. The molecule has 14 nitrogen and oxygen atoms in total. The molecule has 5 rings (SSSR count). The van der Waals surface area contributed by atoms with Crippen molar-refractivity contribution in [2.75, 3.05) is 38.4 Å². The van der Waals surface area contributed by atoms with Crippen molar-refractivity contribution < 1.29 is 57.5 Å². The number of alkyl halides is 3. The number of anilines is 2. The van der Waals surface area contributed by atoms with E-state index in [-0.39, 0.29) is 41.8 Å². The van der Waals surface area contributed by atoms with Crippen LogP contribution >= 0.6 is 0 Å². The second kappa shape index (κ2) is 12.3. The number of fused-ring (bicyclic) bond motifs is 3. The number of hydrogen-bond acceptors (Lipinski definition) is 11. The summed E-state index contributed by atoms with van der Waals surface area (Å²) in [7, 11) is 6.41. The van der Waals surface area contributed by atoms with Crippen molar-refractivity contribution in [2.45, 2.75) is 37.4 Å². The molecule has 262 valence electrons. The van der Waals surface area contributed by atoms with E-state index < -0.39 is 81.9 Å². The quantitative estimate of drug-likeness (QED) is 0.209. The van der Waals surface area contributed by atoms with E-state index in [0.717, 1.165) is 12.1 Å². The third-order valence-corrected chi connectivity index (χ3v) is 9.04.